The summed E-state index contributed by atoms with van der Waals surface area (Å²) < 4.78 is 1.12. The molecule has 0 aromatic heterocycles. The van der Waals surface area contributed by atoms with E-state index in [2.05, 4.69) is 42.2 Å². The fraction of sp³-hybridized carbons (Fsp3) is 0.0667. The van der Waals surface area contributed by atoms with E-state index in [0.29, 0.717) is 0 Å². The van der Waals surface area contributed by atoms with Crippen molar-refractivity contribution in [3.05, 3.63) is 71.3 Å². The van der Waals surface area contributed by atoms with E-state index >= 15 is 0 Å². The van der Waals surface area contributed by atoms with Crippen LogP contribution in [0.2, 0.25) is 0 Å². The predicted molar refractivity (Wildman–Crippen MR) is 68.6 cm³/mol. The van der Waals surface area contributed by atoms with Crippen molar-refractivity contribution in [1.82, 2.24) is 0 Å². The van der Waals surface area contributed by atoms with Gasteiger partial charge in [-0.25, -0.2) is 0 Å². The second-order valence-electron chi connectivity index (χ2n) is 3.39. The number of benzene rings is 2. The quantitative estimate of drug-likeness (QED) is 0.559. The van der Waals surface area contributed by atoms with Crippen LogP contribution in [0.4, 0.5) is 0 Å². The molecule has 0 spiro atoms. The van der Waals surface area contributed by atoms with Crippen LogP contribution in [0, 0.1) is 17.9 Å². The van der Waals surface area contributed by atoms with Crippen molar-refractivity contribution in [3.63, 3.8) is 0 Å². The topological polar surface area (TPSA) is 0 Å². The van der Waals surface area contributed by atoms with Gasteiger partial charge in [-0.3, -0.25) is 0 Å². The van der Waals surface area contributed by atoms with Crippen LogP contribution in [0.3, 0.4) is 0 Å². The van der Waals surface area contributed by atoms with Crippen molar-refractivity contribution < 1.29 is 0 Å². The third kappa shape index (κ3) is 3.14. The minimum absolute atomic E-state index is 1.03. The Hall–Kier alpha value is -1.21. The molecule has 2 aromatic carbocycles. The molecule has 0 aliphatic rings. The fourth-order valence-electron chi connectivity index (χ4n) is 1.31. The molecule has 0 unspecified atom stereocenters. The summed E-state index contributed by atoms with van der Waals surface area (Å²) in [5, 5.41) is 0. The van der Waals surface area contributed by atoms with E-state index < -0.39 is 0 Å². The molecular weight excluding hydrogens is 308 g/mol. The van der Waals surface area contributed by atoms with Crippen LogP contribution in [0.25, 0.3) is 0 Å². The first kappa shape index (κ1) is 11.3. The third-order valence-electron chi connectivity index (χ3n) is 2.21. The molecular formula is C15H11Te. The monoisotopic (exact) mass is 321 g/mol. The van der Waals surface area contributed by atoms with E-state index in [1.165, 1.54) is 5.56 Å². The zero-order chi connectivity index (χ0) is 11.2. The molecule has 2 rings (SSSR count). The number of rotatable bonds is 1. The first-order valence-electron chi connectivity index (χ1n) is 5.06. The van der Waals surface area contributed by atoms with Crippen LogP contribution in [0.15, 0.2) is 48.5 Å². The summed E-state index contributed by atoms with van der Waals surface area (Å²) in [5.41, 5.74) is 3.46. The van der Waals surface area contributed by atoms with Gasteiger partial charge in [0.05, 0.1) is 0 Å². The second kappa shape index (κ2) is 5.76. The summed E-state index contributed by atoms with van der Waals surface area (Å²) in [6.07, 6.45) is 0. The van der Waals surface area contributed by atoms with E-state index in [1.54, 1.807) is 0 Å². The average Bonchev–Trinajstić information content (AvgIpc) is 2.38. The zero-order valence-corrected chi connectivity index (χ0v) is 11.3. The van der Waals surface area contributed by atoms with Gasteiger partial charge in [-0.2, -0.15) is 0 Å². The molecule has 0 saturated heterocycles. The van der Waals surface area contributed by atoms with Crippen LogP contribution >= 0.6 is 0 Å². The standard InChI is InChI=1S/C15H11Te/c16-12-15-10-8-14(9-11-15)7-6-13-4-2-1-3-5-13/h2-5,8-11,16H,12H2. The Labute approximate surface area is 110 Å². The summed E-state index contributed by atoms with van der Waals surface area (Å²) in [6.45, 7) is 0. The van der Waals surface area contributed by atoms with E-state index in [0.717, 1.165) is 15.6 Å². The van der Waals surface area contributed by atoms with Gasteiger partial charge in [0, 0.05) is 0 Å². The van der Waals surface area contributed by atoms with Crippen LogP contribution in [-0.4, -0.2) is 22.3 Å². The molecule has 0 bridgehead atoms. The molecule has 0 fully saturated rings. The van der Waals surface area contributed by atoms with Gasteiger partial charge in [0.2, 0.25) is 0 Å². The van der Waals surface area contributed by atoms with Gasteiger partial charge in [0.25, 0.3) is 0 Å². The number of hydrogen-bond acceptors (Lipinski definition) is 0. The van der Waals surface area contributed by atoms with E-state index in [-0.39, 0.29) is 0 Å². The van der Waals surface area contributed by atoms with E-state index in [1.807, 2.05) is 46.6 Å². The number of hydrogen-bond donors (Lipinski definition) is 0. The first-order chi connectivity index (χ1) is 7.88. The molecule has 0 aliphatic heterocycles. The van der Waals surface area contributed by atoms with Gasteiger partial charge in [-0.05, 0) is 0 Å². The van der Waals surface area contributed by atoms with Crippen LogP contribution in [0.5, 0.6) is 0 Å². The molecule has 0 saturated carbocycles. The van der Waals surface area contributed by atoms with E-state index in [4.69, 9.17) is 0 Å². The van der Waals surface area contributed by atoms with Gasteiger partial charge in [0.1, 0.15) is 0 Å². The van der Waals surface area contributed by atoms with Gasteiger partial charge >= 0.3 is 110 Å². The molecule has 2 aromatic rings. The molecule has 77 valence electrons. The minimum atomic E-state index is 1.03. The molecule has 0 N–H and O–H groups in total. The van der Waals surface area contributed by atoms with E-state index in [9.17, 15) is 0 Å². The normalized spacial score (nSPS) is 9.31. The summed E-state index contributed by atoms with van der Waals surface area (Å²) >= 11 is 1.82. The maximum absolute atomic E-state index is 3.15. The van der Waals surface area contributed by atoms with Crippen molar-refractivity contribution in [3.8, 4) is 11.8 Å². The average molecular weight is 319 g/mol. The Bertz CT molecular complexity index is 501. The summed E-state index contributed by atoms with van der Waals surface area (Å²) in [5.74, 6) is 6.28. The summed E-state index contributed by atoms with van der Waals surface area (Å²) in [6, 6.07) is 19.1. The summed E-state index contributed by atoms with van der Waals surface area (Å²) in [4.78, 5) is 0. The predicted octanol–water partition coefficient (Wildman–Crippen LogP) is 2.29. The maximum atomic E-state index is 3.15. The Morgan fingerprint density at radius 2 is 1.44 bits per heavy atom. The Morgan fingerprint density at radius 1 is 0.875 bits per heavy atom. The first-order valence-corrected chi connectivity index (χ1v) is 6.87. The second-order valence-corrected chi connectivity index (χ2v) is 4.30. The van der Waals surface area contributed by atoms with Crippen molar-refractivity contribution >= 4 is 22.3 Å². The van der Waals surface area contributed by atoms with Crippen molar-refractivity contribution in [2.24, 2.45) is 0 Å². The molecule has 1 heteroatoms. The molecule has 16 heavy (non-hydrogen) atoms. The Morgan fingerprint density at radius 3 is 2.00 bits per heavy atom. The Kier molecular flexibility index (Phi) is 4.06. The third-order valence-corrected chi connectivity index (χ3v) is 3.25. The Balaban J connectivity index is 2.18. The van der Waals surface area contributed by atoms with Crippen molar-refractivity contribution in [2.45, 2.75) is 4.47 Å². The zero-order valence-electron chi connectivity index (χ0n) is 8.77. The van der Waals surface area contributed by atoms with Crippen LogP contribution < -0.4 is 0 Å². The molecule has 0 aliphatic carbocycles. The van der Waals surface area contributed by atoms with Gasteiger partial charge in [0.15, 0.2) is 0 Å². The fourth-order valence-corrected chi connectivity index (χ4v) is 1.91. The van der Waals surface area contributed by atoms with Gasteiger partial charge in [-0.1, -0.05) is 0 Å². The van der Waals surface area contributed by atoms with Crippen LogP contribution in [0.1, 0.15) is 16.7 Å². The molecule has 0 atom stereocenters. The van der Waals surface area contributed by atoms with Gasteiger partial charge < -0.3 is 0 Å². The van der Waals surface area contributed by atoms with Gasteiger partial charge in [-0.15, -0.1) is 0 Å². The molecule has 0 amide bonds. The van der Waals surface area contributed by atoms with Crippen LogP contribution in [-0.2, 0) is 4.47 Å². The molecule has 0 nitrogen and oxygen atoms in total. The molecule has 1 radical (unpaired) electrons. The SMILES string of the molecule is [TeH]Cc1ccc(C#Cc2cc[c]cc2)cc1. The summed E-state index contributed by atoms with van der Waals surface area (Å²) in [7, 11) is 0. The van der Waals surface area contributed by atoms with Crippen molar-refractivity contribution in [1.29, 1.82) is 0 Å². The molecule has 0 heterocycles. The van der Waals surface area contributed by atoms with Crippen molar-refractivity contribution in [2.75, 3.05) is 0 Å².